The molecule has 0 fully saturated rings. The molecule has 0 aliphatic carbocycles. The van der Waals surface area contributed by atoms with Gasteiger partial charge in [0, 0.05) is 12.0 Å². The lowest BCUT2D eigenvalue weighted by Gasteiger charge is -2.11. The molecule has 0 saturated carbocycles. The fourth-order valence-corrected chi connectivity index (χ4v) is 1.47. The smallest absolute Gasteiger partial charge is 0.320 e. The van der Waals surface area contributed by atoms with Crippen molar-refractivity contribution in [3.63, 3.8) is 0 Å². The molecule has 1 aromatic carbocycles. The molecule has 0 aromatic heterocycles. The molecule has 4 N–H and O–H groups in total. The quantitative estimate of drug-likeness (QED) is 0.730. The molecule has 82 valence electrons. The van der Waals surface area contributed by atoms with E-state index >= 15 is 0 Å². The summed E-state index contributed by atoms with van der Waals surface area (Å²) in [5.74, 6) is -1.14. The van der Waals surface area contributed by atoms with Crippen LogP contribution in [0.1, 0.15) is 11.1 Å². The SMILES string of the molecule is Cc1ccc(O)c(CC(N)C(=O)O)c1Cl. The van der Waals surface area contributed by atoms with E-state index in [2.05, 4.69) is 0 Å². The number of carbonyl (C=O) groups is 1. The minimum atomic E-state index is -1.12. The maximum Gasteiger partial charge on any atom is 0.320 e. The summed E-state index contributed by atoms with van der Waals surface area (Å²) in [6.45, 7) is 1.78. The van der Waals surface area contributed by atoms with Gasteiger partial charge >= 0.3 is 5.97 Å². The first-order valence-corrected chi connectivity index (χ1v) is 4.76. The summed E-state index contributed by atoms with van der Waals surface area (Å²) in [6.07, 6.45) is 0.0156. The molecule has 0 heterocycles. The van der Waals surface area contributed by atoms with E-state index < -0.39 is 12.0 Å². The Morgan fingerprint density at radius 2 is 2.20 bits per heavy atom. The zero-order valence-electron chi connectivity index (χ0n) is 8.20. The van der Waals surface area contributed by atoms with E-state index in [1.807, 2.05) is 0 Å². The summed E-state index contributed by atoms with van der Waals surface area (Å²) in [5, 5.41) is 18.5. The first-order chi connectivity index (χ1) is 6.93. The van der Waals surface area contributed by atoms with Crippen molar-refractivity contribution in [3.05, 3.63) is 28.3 Å². The number of halogens is 1. The van der Waals surface area contributed by atoms with Crippen LogP contribution in [0.5, 0.6) is 5.75 Å². The summed E-state index contributed by atoms with van der Waals surface area (Å²) in [5.41, 5.74) is 6.53. The fourth-order valence-electron chi connectivity index (χ4n) is 1.23. The van der Waals surface area contributed by atoms with Crippen molar-refractivity contribution < 1.29 is 15.0 Å². The Bertz CT molecular complexity index is 392. The highest BCUT2D eigenvalue weighted by molar-refractivity contribution is 6.32. The standard InChI is InChI=1S/C10H12ClNO3/c1-5-2-3-8(13)6(9(5)11)4-7(12)10(14)15/h2-3,7,13H,4,12H2,1H3,(H,14,15). The number of carboxylic acids is 1. The van der Waals surface area contributed by atoms with Crippen molar-refractivity contribution in [2.45, 2.75) is 19.4 Å². The van der Waals surface area contributed by atoms with E-state index in [4.69, 9.17) is 22.4 Å². The van der Waals surface area contributed by atoms with Gasteiger partial charge in [-0.15, -0.1) is 0 Å². The molecule has 1 rings (SSSR count). The van der Waals surface area contributed by atoms with Crippen LogP contribution in [0.25, 0.3) is 0 Å². The molecule has 1 aromatic rings. The second kappa shape index (κ2) is 4.51. The number of aryl methyl sites for hydroxylation is 1. The first kappa shape index (κ1) is 11.8. The Morgan fingerprint density at radius 1 is 1.60 bits per heavy atom. The second-order valence-corrected chi connectivity index (χ2v) is 3.72. The van der Waals surface area contributed by atoms with E-state index in [9.17, 15) is 9.90 Å². The van der Waals surface area contributed by atoms with Gasteiger partial charge in [0.1, 0.15) is 11.8 Å². The summed E-state index contributed by atoms with van der Waals surface area (Å²) in [7, 11) is 0. The average Bonchev–Trinajstić information content (AvgIpc) is 2.18. The average molecular weight is 230 g/mol. The number of benzene rings is 1. The number of hydrogen-bond acceptors (Lipinski definition) is 3. The van der Waals surface area contributed by atoms with Gasteiger partial charge in [-0.3, -0.25) is 4.79 Å². The van der Waals surface area contributed by atoms with Gasteiger partial charge in [-0.25, -0.2) is 0 Å². The molecular weight excluding hydrogens is 218 g/mol. The largest absolute Gasteiger partial charge is 0.508 e. The first-order valence-electron chi connectivity index (χ1n) is 4.38. The minimum absolute atomic E-state index is 0.0156. The monoisotopic (exact) mass is 229 g/mol. The Hall–Kier alpha value is -1.26. The van der Waals surface area contributed by atoms with Crippen molar-refractivity contribution in [3.8, 4) is 5.75 Å². The van der Waals surface area contributed by atoms with Gasteiger partial charge in [0.15, 0.2) is 0 Å². The molecular formula is C10H12ClNO3. The van der Waals surface area contributed by atoms with Crippen LogP contribution in [-0.4, -0.2) is 22.2 Å². The normalized spacial score (nSPS) is 12.5. The Kier molecular flexibility index (Phi) is 3.55. The third kappa shape index (κ3) is 2.61. The Labute approximate surface area is 92.3 Å². The third-order valence-corrected chi connectivity index (χ3v) is 2.68. The van der Waals surface area contributed by atoms with Crippen molar-refractivity contribution >= 4 is 17.6 Å². The number of aliphatic carboxylic acids is 1. The van der Waals surface area contributed by atoms with E-state index in [-0.39, 0.29) is 12.2 Å². The van der Waals surface area contributed by atoms with Crippen LogP contribution in [-0.2, 0) is 11.2 Å². The van der Waals surface area contributed by atoms with Gasteiger partial charge in [-0.1, -0.05) is 17.7 Å². The molecule has 1 unspecified atom stereocenters. The molecule has 0 spiro atoms. The highest BCUT2D eigenvalue weighted by Gasteiger charge is 2.17. The second-order valence-electron chi connectivity index (χ2n) is 3.34. The number of hydrogen-bond donors (Lipinski definition) is 3. The minimum Gasteiger partial charge on any atom is -0.508 e. The van der Waals surface area contributed by atoms with Crippen LogP contribution < -0.4 is 5.73 Å². The number of aromatic hydroxyl groups is 1. The molecule has 4 nitrogen and oxygen atoms in total. The highest BCUT2D eigenvalue weighted by atomic mass is 35.5. The predicted octanol–water partition coefficient (Wildman–Crippen LogP) is 1.31. The zero-order valence-corrected chi connectivity index (χ0v) is 8.95. The molecule has 15 heavy (non-hydrogen) atoms. The lowest BCUT2D eigenvalue weighted by molar-refractivity contribution is -0.138. The van der Waals surface area contributed by atoms with Gasteiger partial charge in [0.2, 0.25) is 0 Å². The third-order valence-electron chi connectivity index (χ3n) is 2.15. The summed E-state index contributed by atoms with van der Waals surface area (Å²) in [4.78, 5) is 10.6. The van der Waals surface area contributed by atoms with Gasteiger partial charge in [-0.2, -0.15) is 0 Å². The van der Waals surface area contributed by atoms with Gasteiger partial charge < -0.3 is 15.9 Å². The predicted molar refractivity (Wildman–Crippen MR) is 57.2 cm³/mol. The maximum absolute atomic E-state index is 10.6. The van der Waals surface area contributed by atoms with Gasteiger partial charge in [0.25, 0.3) is 0 Å². The lowest BCUT2D eigenvalue weighted by Crippen LogP contribution is -2.32. The summed E-state index contributed by atoms with van der Waals surface area (Å²) >= 11 is 5.94. The lowest BCUT2D eigenvalue weighted by atomic mass is 10.0. The number of rotatable bonds is 3. The molecule has 1 atom stereocenters. The van der Waals surface area contributed by atoms with Crippen molar-refractivity contribution in [2.24, 2.45) is 5.73 Å². The van der Waals surface area contributed by atoms with E-state index in [0.29, 0.717) is 10.6 Å². The fraction of sp³-hybridized carbons (Fsp3) is 0.300. The van der Waals surface area contributed by atoms with Crippen molar-refractivity contribution in [2.75, 3.05) is 0 Å². The highest BCUT2D eigenvalue weighted by Crippen LogP contribution is 2.29. The summed E-state index contributed by atoms with van der Waals surface area (Å²) < 4.78 is 0. The number of phenols is 1. The maximum atomic E-state index is 10.6. The van der Waals surface area contributed by atoms with Crippen LogP contribution in [0.4, 0.5) is 0 Å². The van der Waals surface area contributed by atoms with Crippen LogP contribution in [0.15, 0.2) is 12.1 Å². The van der Waals surface area contributed by atoms with Crippen molar-refractivity contribution in [1.82, 2.24) is 0 Å². The van der Waals surface area contributed by atoms with Gasteiger partial charge in [-0.05, 0) is 18.6 Å². The van der Waals surface area contributed by atoms with Crippen LogP contribution in [0, 0.1) is 6.92 Å². The van der Waals surface area contributed by atoms with Crippen LogP contribution >= 0.6 is 11.6 Å². The molecule has 5 heteroatoms. The Balaban J connectivity index is 3.03. The van der Waals surface area contributed by atoms with E-state index in [1.54, 1.807) is 13.0 Å². The summed E-state index contributed by atoms with van der Waals surface area (Å²) in [6, 6.07) is 2.08. The molecule has 0 aliphatic heterocycles. The van der Waals surface area contributed by atoms with E-state index in [0.717, 1.165) is 5.56 Å². The number of carboxylic acid groups (broad SMARTS) is 1. The van der Waals surface area contributed by atoms with Crippen molar-refractivity contribution in [1.29, 1.82) is 0 Å². The van der Waals surface area contributed by atoms with Gasteiger partial charge in [0.05, 0.1) is 5.02 Å². The topological polar surface area (TPSA) is 83.5 Å². The molecule has 0 bridgehead atoms. The number of phenolic OH excluding ortho intramolecular Hbond substituents is 1. The number of nitrogens with two attached hydrogens (primary N) is 1. The molecule has 0 amide bonds. The Morgan fingerprint density at radius 3 is 2.73 bits per heavy atom. The van der Waals surface area contributed by atoms with Crippen LogP contribution in [0.2, 0.25) is 5.02 Å². The van der Waals surface area contributed by atoms with Crippen LogP contribution in [0.3, 0.4) is 0 Å². The zero-order chi connectivity index (χ0) is 11.6. The molecule has 0 aliphatic rings. The molecule has 0 radical (unpaired) electrons. The van der Waals surface area contributed by atoms with E-state index in [1.165, 1.54) is 6.07 Å². The molecule has 0 saturated heterocycles.